The van der Waals surface area contributed by atoms with Gasteiger partial charge >= 0.3 is 12.1 Å². The van der Waals surface area contributed by atoms with Crippen LogP contribution in [0.4, 0.5) is 4.79 Å². The first-order valence-electron chi connectivity index (χ1n) is 4.46. The van der Waals surface area contributed by atoms with E-state index in [0.717, 1.165) is 5.56 Å². The summed E-state index contributed by atoms with van der Waals surface area (Å²) in [5.74, 6) is -1.05. The lowest BCUT2D eigenvalue weighted by atomic mass is 10.2. The van der Waals surface area contributed by atoms with Crippen LogP contribution in [0.15, 0.2) is 18.5 Å². The van der Waals surface area contributed by atoms with E-state index in [9.17, 15) is 9.59 Å². The van der Waals surface area contributed by atoms with Crippen LogP contribution in [-0.2, 0) is 16.1 Å². The molecule has 1 aliphatic heterocycles. The molecule has 0 spiro atoms. The van der Waals surface area contributed by atoms with Gasteiger partial charge < -0.3 is 14.8 Å². The minimum absolute atomic E-state index is 0.0847. The number of rotatable bonds is 3. The lowest BCUT2D eigenvalue weighted by Crippen LogP contribution is -2.38. The van der Waals surface area contributed by atoms with Gasteiger partial charge in [-0.3, -0.25) is 4.90 Å². The number of aromatic amines is 1. The molecule has 1 unspecified atom stereocenters. The first-order chi connectivity index (χ1) is 7.18. The van der Waals surface area contributed by atoms with Crippen LogP contribution in [0.3, 0.4) is 0 Å². The molecule has 1 amide bonds. The summed E-state index contributed by atoms with van der Waals surface area (Å²) >= 11 is 0. The molecule has 0 radical (unpaired) electrons. The molecule has 1 aromatic rings. The van der Waals surface area contributed by atoms with E-state index >= 15 is 0 Å². The third-order valence-electron chi connectivity index (χ3n) is 2.28. The van der Waals surface area contributed by atoms with E-state index in [1.807, 2.05) is 0 Å². The van der Waals surface area contributed by atoms with Crippen molar-refractivity contribution in [2.45, 2.75) is 12.6 Å². The number of carboxylic acids is 1. The molecule has 15 heavy (non-hydrogen) atoms. The number of aromatic nitrogens is 1. The normalized spacial score (nSPS) is 20.4. The van der Waals surface area contributed by atoms with Crippen molar-refractivity contribution in [1.82, 2.24) is 9.88 Å². The summed E-state index contributed by atoms with van der Waals surface area (Å²) in [5.41, 5.74) is 0.847. The largest absolute Gasteiger partial charge is 0.480 e. The molecule has 0 aliphatic carbocycles. The Balaban J connectivity index is 2.11. The van der Waals surface area contributed by atoms with Gasteiger partial charge in [-0.2, -0.15) is 0 Å². The zero-order valence-corrected chi connectivity index (χ0v) is 7.84. The maximum absolute atomic E-state index is 11.2. The molecule has 0 saturated carbocycles. The summed E-state index contributed by atoms with van der Waals surface area (Å²) < 4.78 is 4.68. The van der Waals surface area contributed by atoms with Crippen molar-refractivity contribution in [3.63, 3.8) is 0 Å². The molecule has 2 heterocycles. The fraction of sp³-hybridized carbons (Fsp3) is 0.333. The van der Waals surface area contributed by atoms with Crippen LogP contribution in [0.5, 0.6) is 0 Å². The monoisotopic (exact) mass is 210 g/mol. The van der Waals surface area contributed by atoms with Gasteiger partial charge in [0, 0.05) is 12.4 Å². The Morgan fingerprint density at radius 3 is 3.13 bits per heavy atom. The predicted molar refractivity (Wildman–Crippen MR) is 49.1 cm³/mol. The smallest absolute Gasteiger partial charge is 0.411 e. The van der Waals surface area contributed by atoms with E-state index in [0.29, 0.717) is 0 Å². The lowest BCUT2D eigenvalue weighted by Gasteiger charge is -2.16. The molecule has 2 rings (SSSR count). The molecule has 1 atom stereocenters. The second-order valence-corrected chi connectivity index (χ2v) is 3.28. The van der Waals surface area contributed by atoms with Gasteiger partial charge in [0.05, 0.1) is 6.54 Å². The summed E-state index contributed by atoms with van der Waals surface area (Å²) in [4.78, 5) is 26.1. The van der Waals surface area contributed by atoms with E-state index in [2.05, 4.69) is 9.72 Å². The summed E-state index contributed by atoms with van der Waals surface area (Å²) in [5, 5.41) is 8.85. The van der Waals surface area contributed by atoms with Crippen molar-refractivity contribution in [3.05, 3.63) is 24.0 Å². The molecular formula is C9H10N2O4. The molecule has 1 aliphatic rings. The van der Waals surface area contributed by atoms with Crippen molar-refractivity contribution >= 4 is 12.1 Å². The highest BCUT2D eigenvalue weighted by Gasteiger charge is 2.37. The molecular weight excluding hydrogens is 200 g/mol. The van der Waals surface area contributed by atoms with Gasteiger partial charge in [-0.15, -0.1) is 0 Å². The van der Waals surface area contributed by atoms with Gasteiger partial charge in [0.1, 0.15) is 6.61 Å². The Morgan fingerprint density at radius 2 is 2.53 bits per heavy atom. The topological polar surface area (TPSA) is 82.6 Å². The summed E-state index contributed by atoms with van der Waals surface area (Å²) in [6, 6.07) is 0.900. The highest BCUT2D eigenvalue weighted by Crippen LogP contribution is 2.16. The van der Waals surface area contributed by atoms with Gasteiger partial charge in [-0.05, 0) is 11.6 Å². The highest BCUT2D eigenvalue weighted by molar-refractivity contribution is 5.82. The summed E-state index contributed by atoms with van der Waals surface area (Å²) in [6.07, 6.45) is 2.85. The Bertz CT molecular complexity index is 373. The number of amides is 1. The lowest BCUT2D eigenvalue weighted by molar-refractivity contribution is -0.141. The number of nitrogens with zero attached hydrogens (tertiary/aromatic N) is 1. The van der Waals surface area contributed by atoms with Crippen molar-refractivity contribution in [3.8, 4) is 0 Å². The highest BCUT2D eigenvalue weighted by atomic mass is 16.6. The summed E-state index contributed by atoms with van der Waals surface area (Å²) in [6.45, 7) is 0.165. The zero-order valence-electron chi connectivity index (χ0n) is 7.84. The first-order valence-corrected chi connectivity index (χ1v) is 4.46. The molecule has 1 fully saturated rings. The van der Waals surface area contributed by atoms with E-state index in [1.165, 1.54) is 4.90 Å². The Hall–Kier alpha value is -1.98. The Labute approximate surface area is 85.5 Å². The fourth-order valence-electron chi connectivity index (χ4n) is 1.48. The van der Waals surface area contributed by atoms with Crippen LogP contribution < -0.4 is 0 Å². The molecule has 2 N–H and O–H groups in total. The Morgan fingerprint density at radius 1 is 1.73 bits per heavy atom. The standard InChI is InChI=1S/C9H10N2O4/c12-8(13)7-5-15-9(14)11(7)4-6-1-2-10-3-6/h1-3,7,10H,4-5H2,(H,12,13). The molecule has 1 aromatic heterocycles. The number of carboxylic acid groups (broad SMARTS) is 1. The van der Waals surface area contributed by atoms with Crippen LogP contribution in [0, 0.1) is 0 Å². The summed E-state index contributed by atoms with van der Waals surface area (Å²) in [7, 11) is 0. The van der Waals surface area contributed by atoms with E-state index in [1.54, 1.807) is 18.5 Å². The van der Waals surface area contributed by atoms with Gasteiger partial charge in [0.15, 0.2) is 6.04 Å². The van der Waals surface area contributed by atoms with E-state index in [-0.39, 0.29) is 13.2 Å². The van der Waals surface area contributed by atoms with Crippen LogP contribution in [-0.4, -0.2) is 39.7 Å². The second-order valence-electron chi connectivity index (χ2n) is 3.28. The average Bonchev–Trinajstić information content (AvgIpc) is 2.78. The maximum atomic E-state index is 11.2. The maximum Gasteiger partial charge on any atom is 0.411 e. The van der Waals surface area contributed by atoms with E-state index in [4.69, 9.17) is 5.11 Å². The van der Waals surface area contributed by atoms with Crippen molar-refractivity contribution < 1.29 is 19.4 Å². The minimum Gasteiger partial charge on any atom is -0.480 e. The number of aliphatic carboxylic acids is 1. The van der Waals surface area contributed by atoms with Crippen LogP contribution in [0.1, 0.15) is 5.56 Å². The molecule has 6 nitrogen and oxygen atoms in total. The molecule has 80 valence electrons. The Kier molecular flexibility index (Phi) is 2.32. The van der Waals surface area contributed by atoms with Crippen molar-refractivity contribution in [1.29, 1.82) is 0 Å². The second kappa shape index (κ2) is 3.64. The SMILES string of the molecule is O=C(O)C1COC(=O)N1Cc1cc[nH]c1. The third kappa shape index (κ3) is 1.78. The number of carbonyl (C=O) groups is 2. The zero-order chi connectivity index (χ0) is 10.8. The van der Waals surface area contributed by atoms with Crippen LogP contribution >= 0.6 is 0 Å². The molecule has 6 heteroatoms. The number of carbonyl (C=O) groups excluding carboxylic acids is 1. The number of hydrogen-bond donors (Lipinski definition) is 2. The minimum atomic E-state index is -1.05. The van der Waals surface area contributed by atoms with E-state index < -0.39 is 18.1 Å². The van der Waals surface area contributed by atoms with Gasteiger partial charge in [-0.25, -0.2) is 9.59 Å². The van der Waals surface area contributed by atoms with Gasteiger partial charge in [0.2, 0.25) is 0 Å². The number of H-pyrrole nitrogens is 1. The third-order valence-corrected chi connectivity index (χ3v) is 2.28. The van der Waals surface area contributed by atoms with Gasteiger partial charge in [-0.1, -0.05) is 0 Å². The van der Waals surface area contributed by atoms with Gasteiger partial charge in [0.25, 0.3) is 0 Å². The fourth-order valence-corrected chi connectivity index (χ4v) is 1.48. The first kappa shape index (κ1) is 9.57. The predicted octanol–water partition coefficient (Wildman–Crippen LogP) is 0.420. The number of hydrogen-bond acceptors (Lipinski definition) is 3. The number of ether oxygens (including phenoxy) is 1. The average molecular weight is 210 g/mol. The van der Waals surface area contributed by atoms with Crippen molar-refractivity contribution in [2.24, 2.45) is 0 Å². The van der Waals surface area contributed by atoms with Crippen LogP contribution in [0.2, 0.25) is 0 Å². The van der Waals surface area contributed by atoms with Crippen LogP contribution in [0.25, 0.3) is 0 Å². The number of nitrogens with one attached hydrogen (secondary N) is 1. The van der Waals surface area contributed by atoms with Crippen molar-refractivity contribution in [2.75, 3.05) is 6.61 Å². The molecule has 0 aromatic carbocycles. The molecule has 1 saturated heterocycles. The number of cyclic esters (lactones) is 1. The molecule has 0 bridgehead atoms. The quantitative estimate of drug-likeness (QED) is 0.757.